The highest BCUT2D eigenvalue weighted by molar-refractivity contribution is 5.81. The van der Waals surface area contributed by atoms with Crippen molar-refractivity contribution < 1.29 is 14.6 Å². The van der Waals surface area contributed by atoms with Gasteiger partial charge in [0, 0.05) is 0 Å². The van der Waals surface area contributed by atoms with E-state index in [1.54, 1.807) is 12.1 Å². The second-order valence-corrected chi connectivity index (χ2v) is 3.27. The van der Waals surface area contributed by atoms with E-state index in [4.69, 9.17) is 4.74 Å². The minimum Gasteiger partial charge on any atom is -0.508 e. The van der Waals surface area contributed by atoms with Crippen LogP contribution in [-0.2, 0) is 4.79 Å². The van der Waals surface area contributed by atoms with E-state index >= 15 is 0 Å². The van der Waals surface area contributed by atoms with Gasteiger partial charge in [-0.05, 0) is 30.7 Å². The van der Waals surface area contributed by atoms with Crippen LogP contribution in [0.3, 0.4) is 0 Å². The molecular formula is C11H10O3. The topological polar surface area (TPSA) is 46.5 Å². The third-order valence-corrected chi connectivity index (χ3v) is 2.10. The molecule has 2 rings (SSSR count). The smallest absolute Gasteiger partial charge is 0.315 e. The van der Waals surface area contributed by atoms with Gasteiger partial charge in [-0.1, -0.05) is 6.07 Å². The van der Waals surface area contributed by atoms with Gasteiger partial charge in [0.15, 0.2) is 0 Å². The lowest BCUT2D eigenvalue weighted by atomic mass is 10.1. The fourth-order valence-corrected chi connectivity index (χ4v) is 1.38. The molecule has 1 aliphatic heterocycles. The van der Waals surface area contributed by atoms with Crippen LogP contribution in [-0.4, -0.2) is 11.1 Å². The average Bonchev–Trinajstić information content (AvgIpc) is 2.26. The van der Waals surface area contributed by atoms with Gasteiger partial charge in [-0.25, -0.2) is 0 Å². The van der Waals surface area contributed by atoms with Crippen molar-refractivity contribution in [2.45, 2.75) is 13.3 Å². The first-order valence-electron chi connectivity index (χ1n) is 4.37. The molecule has 3 nitrogen and oxygen atoms in total. The molecular weight excluding hydrogens is 180 g/mol. The molecule has 0 unspecified atom stereocenters. The van der Waals surface area contributed by atoms with Crippen LogP contribution >= 0.6 is 0 Å². The standard InChI is InChI=1S/C11H10O3/c1-7-2-3-8-9(12)4-5-11(13)14-10(8)6-7/h2-4,6,12H,5H2,1H3. The first-order chi connectivity index (χ1) is 6.66. The van der Waals surface area contributed by atoms with Crippen LogP contribution < -0.4 is 4.74 Å². The minimum absolute atomic E-state index is 0.103. The SMILES string of the molecule is Cc1ccc2c(c1)OC(=O)CC=C2O. The Hall–Kier alpha value is -1.77. The molecule has 0 aliphatic carbocycles. The van der Waals surface area contributed by atoms with Crippen molar-refractivity contribution in [3.63, 3.8) is 0 Å². The fraction of sp³-hybridized carbons (Fsp3) is 0.182. The van der Waals surface area contributed by atoms with Gasteiger partial charge >= 0.3 is 5.97 Å². The van der Waals surface area contributed by atoms with Crippen LogP contribution in [0.2, 0.25) is 0 Å². The maximum absolute atomic E-state index is 11.1. The number of aliphatic hydroxyl groups excluding tert-OH is 1. The number of rotatable bonds is 0. The van der Waals surface area contributed by atoms with Gasteiger partial charge in [-0.15, -0.1) is 0 Å². The molecule has 0 saturated heterocycles. The molecule has 0 amide bonds. The Morgan fingerprint density at radius 1 is 1.43 bits per heavy atom. The third kappa shape index (κ3) is 1.48. The normalized spacial score (nSPS) is 15.2. The lowest BCUT2D eigenvalue weighted by molar-refractivity contribution is -0.133. The number of esters is 1. The predicted molar refractivity (Wildman–Crippen MR) is 52.0 cm³/mol. The molecule has 1 aromatic rings. The van der Waals surface area contributed by atoms with E-state index in [0.29, 0.717) is 11.3 Å². The second-order valence-electron chi connectivity index (χ2n) is 3.27. The van der Waals surface area contributed by atoms with Crippen LogP contribution in [0.5, 0.6) is 5.75 Å². The molecule has 0 radical (unpaired) electrons. The first-order valence-corrected chi connectivity index (χ1v) is 4.37. The molecule has 1 aliphatic rings. The maximum Gasteiger partial charge on any atom is 0.315 e. The fourth-order valence-electron chi connectivity index (χ4n) is 1.38. The monoisotopic (exact) mass is 190 g/mol. The van der Waals surface area contributed by atoms with Crippen molar-refractivity contribution in [1.82, 2.24) is 0 Å². The Bertz CT molecular complexity index is 419. The third-order valence-electron chi connectivity index (χ3n) is 2.10. The molecule has 14 heavy (non-hydrogen) atoms. The largest absolute Gasteiger partial charge is 0.508 e. The van der Waals surface area contributed by atoms with Gasteiger partial charge in [0.2, 0.25) is 0 Å². The summed E-state index contributed by atoms with van der Waals surface area (Å²) >= 11 is 0. The number of ether oxygens (including phenoxy) is 1. The highest BCUT2D eigenvalue weighted by Crippen LogP contribution is 2.28. The second kappa shape index (κ2) is 3.18. The number of aliphatic hydroxyl groups is 1. The molecule has 72 valence electrons. The molecule has 1 N–H and O–H groups in total. The Morgan fingerprint density at radius 3 is 3.00 bits per heavy atom. The average molecular weight is 190 g/mol. The summed E-state index contributed by atoms with van der Waals surface area (Å²) in [5.74, 6) is 0.188. The van der Waals surface area contributed by atoms with Crippen LogP contribution in [0.25, 0.3) is 5.76 Å². The molecule has 0 fully saturated rings. The summed E-state index contributed by atoms with van der Waals surface area (Å²) in [4.78, 5) is 11.1. The molecule has 0 bridgehead atoms. The van der Waals surface area contributed by atoms with E-state index in [0.717, 1.165) is 5.56 Å². The molecule has 0 saturated carbocycles. The molecule has 0 spiro atoms. The van der Waals surface area contributed by atoms with E-state index in [1.165, 1.54) is 6.08 Å². The highest BCUT2D eigenvalue weighted by atomic mass is 16.5. The van der Waals surface area contributed by atoms with Gasteiger partial charge in [0.25, 0.3) is 0 Å². The van der Waals surface area contributed by atoms with Crippen molar-refractivity contribution in [3.8, 4) is 5.75 Å². The van der Waals surface area contributed by atoms with Gasteiger partial charge in [-0.3, -0.25) is 4.79 Å². The molecule has 1 aromatic carbocycles. The van der Waals surface area contributed by atoms with Gasteiger partial charge < -0.3 is 9.84 Å². The number of carbonyl (C=O) groups excluding carboxylic acids is 1. The van der Waals surface area contributed by atoms with E-state index < -0.39 is 0 Å². The number of benzene rings is 1. The Morgan fingerprint density at radius 2 is 2.21 bits per heavy atom. The lowest BCUT2D eigenvalue weighted by Crippen LogP contribution is -2.05. The first kappa shape index (κ1) is 8.81. The maximum atomic E-state index is 11.1. The minimum atomic E-state index is -0.346. The Kier molecular flexibility index (Phi) is 2.00. The predicted octanol–water partition coefficient (Wildman–Crippen LogP) is 2.20. The molecule has 1 heterocycles. The summed E-state index contributed by atoms with van der Waals surface area (Å²) in [5, 5.41) is 9.58. The van der Waals surface area contributed by atoms with E-state index in [-0.39, 0.29) is 18.1 Å². The van der Waals surface area contributed by atoms with Crippen molar-refractivity contribution in [3.05, 3.63) is 35.4 Å². The molecule has 0 atom stereocenters. The quantitative estimate of drug-likeness (QED) is 0.504. The van der Waals surface area contributed by atoms with Crippen molar-refractivity contribution in [2.75, 3.05) is 0 Å². The Balaban J connectivity index is 2.56. The number of hydrogen-bond acceptors (Lipinski definition) is 3. The summed E-state index contributed by atoms with van der Waals surface area (Å²) in [6.45, 7) is 1.90. The van der Waals surface area contributed by atoms with Crippen molar-refractivity contribution >= 4 is 11.7 Å². The Labute approximate surface area is 81.6 Å². The summed E-state index contributed by atoms with van der Waals surface area (Å²) < 4.78 is 5.06. The summed E-state index contributed by atoms with van der Waals surface area (Å²) in [6.07, 6.45) is 1.57. The van der Waals surface area contributed by atoms with Crippen LogP contribution in [0, 0.1) is 6.92 Å². The van der Waals surface area contributed by atoms with Crippen molar-refractivity contribution in [1.29, 1.82) is 0 Å². The summed E-state index contributed by atoms with van der Waals surface area (Å²) in [7, 11) is 0. The van der Waals surface area contributed by atoms with Gasteiger partial charge in [-0.2, -0.15) is 0 Å². The number of hydrogen-bond donors (Lipinski definition) is 1. The van der Waals surface area contributed by atoms with Crippen molar-refractivity contribution in [2.24, 2.45) is 0 Å². The molecule has 0 aromatic heterocycles. The van der Waals surface area contributed by atoms with Crippen LogP contribution in [0.15, 0.2) is 24.3 Å². The van der Waals surface area contributed by atoms with E-state index in [9.17, 15) is 9.90 Å². The zero-order valence-electron chi connectivity index (χ0n) is 7.78. The summed E-state index contributed by atoms with van der Waals surface area (Å²) in [5.41, 5.74) is 1.56. The number of carbonyl (C=O) groups is 1. The number of aryl methyl sites for hydroxylation is 1. The summed E-state index contributed by atoms with van der Waals surface area (Å²) in [6, 6.07) is 5.35. The van der Waals surface area contributed by atoms with Gasteiger partial charge in [0.1, 0.15) is 11.5 Å². The van der Waals surface area contributed by atoms with E-state index in [1.807, 2.05) is 13.0 Å². The van der Waals surface area contributed by atoms with Crippen LogP contribution in [0.4, 0.5) is 0 Å². The lowest BCUT2D eigenvalue weighted by Gasteiger charge is -2.06. The number of fused-ring (bicyclic) bond motifs is 1. The molecule has 3 heteroatoms. The van der Waals surface area contributed by atoms with E-state index in [2.05, 4.69) is 0 Å². The zero-order valence-corrected chi connectivity index (χ0v) is 7.78. The van der Waals surface area contributed by atoms with Gasteiger partial charge in [0.05, 0.1) is 12.0 Å². The van der Waals surface area contributed by atoms with Crippen LogP contribution in [0.1, 0.15) is 17.5 Å². The highest BCUT2D eigenvalue weighted by Gasteiger charge is 2.15. The zero-order chi connectivity index (χ0) is 10.1.